The maximum absolute atomic E-state index is 14.4. The van der Waals surface area contributed by atoms with Gasteiger partial charge in [0.25, 0.3) is 0 Å². The summed E-state index contributed by atoms with van der Waals surface area (Å²) in [5.41, 5.74) is 5.81. The fraction of sp³-hybridized carbons (Fsp3) is 0.136. The average molecular weight is 409 g/mol. The number of aryl methyl sites for hydroxylation is 2. The van der Waals surface area contributed by atoms with Crippen LogP contribution in [-0.4, -0.2) is 4.57 Å². The maximum atomic E-state index is 14.4. The molecule has 0 unspecified atom stereocenters. The molecular formula is C22H18BrFN2. The summed E-state index contributed by atoms with van der Waals surface area (Å²) in [5.74, 6) is -0.296. The molecule has 0 bridgehead atoms. The largest absolute Gasteiger partial charge is 0.315 e. The minimum Gasteiger partial charge on any atom is -0.315 e. The van der Waals surface area contributed by atoms with Gasteiger partial charge < -0.3 is 4.57 Å². The highest BCUT2D eigenvalue weighted by atomic mass is 79.9. The number of nitrogens with zero attached hydrogens (tertiary/aromatic N) is 2. The lowest BCUT2D eigenvalue weighted by molar-refractivity contribution is 0.615. The van der Waals surface area contributed by atoms with Gasteiger partial charge in [-0.3, -0.25) is 0 Å². The van der Waals surface area contributed by atoms with Crippen molar-refractivity contribution in [1.82, 2.24) is 4.57 Å². The third kappa shape index (κ3) is 3.49. The van der Waals surface area contributed by atoms with E-state index in [2.05, 4.69) is 22.0 Å². The molecule has 0 radical (unpaired) electrons. The number of nitriles is 1. The fourth-order valence-corrected chi connectivity index (χ4v) is 3.37. The van der Waals surface area contributed by atoms with E-state index in [1.807, 2.05) is 67.8 Å². The summed E-state index contributed by atoms with van der Waals surface area (Å²) in [6, 6.07) is 17.1. The summed E-state index contributed by atoms with van der Waals surface area (Å²) in [6.45, 7) is 5.88. The van der Waals surface area contributed by atoms with Crippen molar-refractivity contribution in [2.45, 2.75) is 20.8 Å². The fourth-order valence-electron chi connectivity index (χ4n) is 3.04. The van der Waals surface area contributed by atoms with Crippen LogP contribution in [0.1, 0.15) is 28.1 Å². The molecule has 0 saturated carbocycles. The smallest absolute Gasteiger partial charge is 0.148 e. The van der Waals surface area contributed by atoms with Crippen molar-refractivity contribution < 1.29 is 4.39 Å². The van der Waals surface area contributed by atoms with Crippen LogP contribution in [0.4, 0.5) is 4.39 Å². The number of aromatic nitrogens is 1. The second kappa shape index (κ2) is 7.31. The van der Waals surface area contributed by atoms with Crippen molar-refractivity contribution in [3.63, 3.8) is 0 Å². The monoisotopic (exact) mass is 408 g/mol. The van der Waals surface area contributed by atoms with E-state index in [4.69, 9.17) is 0 Å². The van der Waals surface area contributed by atoms with E-state index in [0.717, 1.165) is 28.1 Å². The Morgan fingerprint density at radius 3 is 2.38 bits per heavy atom. The number of halogens is 2. The summed E-state index contributed by atoms with van der Waals surface area (Å²) in [5, 5.41) is 9.58. The van der Waals surface area contributed by atoms with Crippen molar-refractivity contribution in [2.24, 2.45) is 0 Å². The first kappa shape index (κ1) is 18.2. The predicted molar refractivity (Wildman–Crippen MR) is 108 cm³/mol. The minimum absolute atomic E-state index is 0.296. The molecule has 0 aliphatic rings. The zero-order valence-electron chi connectivity index (χ0n) is 14.8. The molecule has 1 aromatic heterocycles. The summed E-state index contributed by atoms with van der Waals surface area (Å²) in [7, 11) is 0. The van der Waals surface area contributed by atoms with E-state index in [1.54, 1.807) is 6.07 Å². The van der Waals surface area contributed by atoms with Crippen LogP contribution in [0.2, 0.25) is 0 Å². The molecule has 0 aliphatic heterocycles. The number of allylic oxidation sites excluding steroid dienone is 1. The number of hydrogen-bond acceptors (Lipinski definition) is 1. The van der Waals surface area contributed by atoms with Crippen LogP contribution in [0, 0.1) is 37.9 Å². The SMILES string of the molecule is Cc1ccc(/C(C#N)=C\c2cc(C)n(-c3ccc(Br)cc3F)c2C)cc1. The highest BCUT2D eigenvalue weighted by Crippen LogP contribution is 2.27. The average Bonchev–Trinajstić information content (AvgIpc) is 2.88. The van der Waals surface area contributed by atoms with Crippen LogP contribution in [0.3, 0.4) is 0 Å². The standard InChI is InChI=1S/C22H18BrFN2/c1-14-4-6-17(7-5-14)19(13-25)11-18-10-15(2)26(16(18)3)22-9-8-20(23)12-21(22)24/h4-12H,1-3H3/b19-11-. The Morgan fingerprint density at radius 1 is 1.08 bits per heavy atom. The van der Waals surface area contributed by atoms with Gasteiger partial charge in [-0.25, -0.2) is 4.39 Å². The van der Waals surface area contributed by atoms with E-state index in [1.165, 1.54) is 6.07 Å². The lowest BCUT2D eigenvalue weighted by Crippen LogP contribution is -2.02. The van der Waals surface area contributed by atoms with Gasteiger partial charge in [-0.05, 0) is 62.2 Å². The third-order valence-electron chi connectivity index (χ3n) is 4.40. The Morgan fingerprint density at radius 2 is 1.77 bits per heavy atom. The summed E-state index contributed by atoms with van der Waals surface area (Å²) in [4.78, 5) is 0. The predicted octanol–water partition coefficient (Wildman–Crippen LogP) is 6.37. The van der Waals surface area contributed by atoms with Crippen molar-refractivity contribution in [3.8, 4) is 11.8 Å². The van der Waals surface area contributed by atoms with E-state index in [-0.39, 0.29) is 5.82 Å². The first-order valence-corrected chi connectivity index (χ1v) is 9.03. The molecule has 0 N–H and O–H groups in total. The van der Waals surface area contributed by atoms with Gasteiger partial charge in [-0.15, -0.1) is 0 Å². The number of rotatable bonds is 3. The Hall–Kier alpha value is -2.64. The molecular weight excluding hydrogens is 391 g/mol. The van der Waals surface area contributed by atoms with Gasteiger partial charge in [0.2, 0.25) is 0 Å². The molecule has 2 nitrogen and oxygen atoms in total. The summed E-state index contributed by atoms with van der Waals surface area (Å²) >= 11 is 3.29. The molecule has 3 aromatic rings. The van der Waals surface area contributed by atoms with Gasteiger partial charge >= 0.3 is 0 Å². The molecule has 0 atom stereocenters. The van der Waals surface area contributed by atoms with E-state index >= 15 is 0 Å². The van der Waals surface area contributed by atoms with Gasteiger partial charge in [0.15, 0.2) is 0 Å². The summed E-state index contributed by atoms with van der Waals surface area (Å²) < 4.78 is 17.0. The molecule has 2 aromatic carbocycles. The van der Waals surface area contributed by atoms with E-state index in [9.17, 15) is 9.65 Å². The normalized spacial score (nSPS) is 11.5. The molecule has 0 amide bonds. The zero-order chi connectivity index (χ0) is 18.8. The van der Waals surface area contributed by atoms with Crippen molar-refractivity contribution in [2.75, 3.05) is 0 Å². The van der Waals surface area contributed by atoms with Crippen molar-refractivity contribution in [3.05, 3.63) is 86.9 Å². The van der Waals surface area contributed by atoms with Gasteiger partial charge in [0, 0.05) is 15.9 Å². The van der Waals surface area contributed by atoms with Crippen LogP contribution >= 0.6 is 15.9 Å². The Bertz CT molecular complexity index is 1040. The molecule has 1 heterocycles. The van der Waals surface area contributed by atoms with Gasteiger partial charge in [0.05, 0.1) is 17.3 Å². The van der Waals surface area contributed by atoms with Crippen LogP contribution in [0.5, 0.6) is 0 Å². The molecule has 0 spiro atoms. The quantitative estimate of drug-likeness (QED) is 0.462. The molecule has 0 saturated heterocycles. The van der Waals surface area contributed by atoms with Crippen LogP contribution in [0.15, 0.2) is 53.0 Å². The highest BCUT2D eigenvalue weighted by molar-refractivity contribution is 9.10. The first-order valence-electron chi connectivity index (χ1n) is 8.24. The van der Waals surface area contributed by atoms with Crippen molar-refractivity contribution in [1.29, 1.82) is 5.26 Å². The molecule has 26 heavy (non-hydrogen) atoms. The zero-order valence-corrected chi connectivity index (χ0v) is 16.4. The Kier molecular flexibility index (Phi) is 5.11. The number of hydrogen-bond donors (Lipinski definition) is 0. The highest BCUT2D eigenvalue weighted by Gasteiger charge is 2.14. The lowest BCUT2D eigenvalue weighted by Gasteiger charge is -2.11. The molecule has 3 rings (SSSR count). The maximum Gasteiger partial charge on any atom is 0.148 e. The van der Waals surface area contributed by atoms with Crippen LogP contribution < -0.4 is 0 Å². The molecule has 0 fully saturated rings. The Balaban J connectivity index is 2.10. The second-order valence-corrected chi connectivity index (χ2v) is 7.21. The topological polar surface area (TPSA) is 28.7 Å². The van der Waals surface area contributed by atoms with Gasteiger partial charge in [0.1, 0.15) is 5.82 Å². The van der Waals surface area contributed by atoms with Crippen molar-refractivity contribution >= 4 is 27.6 Å². The van der Waals surface area contributed by atoms with Crippen LogP contribution in [-0.2, 0) is 0 Å². The Labute approximate surface area is 161 Å². The van der Waals surface area contributed by atoms with E-state index in [0.29, 0.717) is 15.7 Å². The minimum atomic E-state index is -0.296. The first-order chi connectivity index (χ1) is 12.4. The number of benzene rings is 2. The third-order valence-corrected chi connectivity index (χ3v) is 4.90. The van der Waals surface area contributed by atoms with Crippen LogP contribution in [0.25, 0.3) is 17.3 Å². The van der Waals surface area contributed by atoms with E-state index < -0.39 is 0 Å². The summed E-state index contributed by atoms with van der Waals surface area (Å²) in [6.07, 6.45) is 1.86. The molecule has 130 valence electrons. The molecule has 4 heteroatoms. The van der Waals surface area contributed by atoms with Gasteiger partial charge in [-0.2, -0.15) is 5.26 Å². The molecule has 0 aliphatic carbocycles. The lowest BCUT2D eigenvalue weighted by atomic mass is 10.0. The second-order valence-electron chi connectivity index (χ2n) is 6.29. The van der Waals surface area contributed by atoms with Gasteiger partial charge in [-0.1, -0.05) is 45.8 Å².